The molecule has 0 unspecified atom stereocenters. The zero-order chi connectivity index (χ0) is 11.3. The molecule has 0 saturated heterocycles. The van der Waals surface area contributed by atoms with Gasteiger partial charge in [0.1, 0.15) is 12.4 Å². The Morgan fingerprint density at radius 3 is 2.47 bits per heavy atom. The van der Waals surface area contributed by atoms with Crippen LogP contribution in [0.15, 0.2) is 24.3 Å². The highest BCUT2D eigenvalue weighted by molar-refractivity contribution is 5.69. The average molecular weight is 211 g/mol. The molecule has 15 heavy (non-hydrogen) atoms. The highest BCUT2D eigenvalue weighted by Gasteiger charge is 2.00. The molecule has 0 aliphatic carbocycles. The highest BCUT2D eigenvalue weighted by Crippen LogP contribution is 2.12. The van der Waals surface area contributed by atoms with Gasteiger partial charge in [-0.05, 0) is 17.7 Å². The summed E-state index contributed by atoms with van der Waals surface area (Å²) in [6, 6.07) is 6.25. The first-order valence-electron chi connectivity index (χ1n) is 4.12. The van der Waals surface area contributed by atoms with Crippen LogP contribution in [0.2, 0.25) is 0 Å². The summed E-state index contributed by atoms with van der Waals surface area (Å²) >= 11 is 0. The third kappa shape index (κ3) is 4.08. The van der Waals surface area contributed by atoms with Crippen molar-refractivity contribution >= 4 is 5.97 Å². The fraction of sp³-hybridized carbons (Fsp3) is 0.222. The van der Waals surface area contributed by atoms with Crippen LogP contribution in [-0.4, -0.2) is 11.1 Å². The summed E-state index contributed by atoms with van der Waals surface area (Å²) in [5.41, 5.74) is 0.627. The van der Waals surface area contributed by atoms with E-state index in [9.17, 15) is 14.9 Å². The molecule has 6 heteroatoms. The summed E-state index contributed by atoms with van der Waals surface area (Å²) in [6.45, 7) is 1.18. The molecule has 0 atom stereocenters. The molecule has 0 aliphatic rings. The molecule has 0 fully saturated rings. The van der Waals surface area contributed by atoms with Gasteiger partial charge >= 0.3 is 5.97 Å². The van der Waals surface area contributed by atoms with Gasteiger partial charge in [0, 0.05) is 6.92 Å². The lowest BCUT2D eigenvalue weighted by atomic mass is 10.2. The van der Waals surface area contributed by atoms with E-state index in [-0.39, 0.29) is 6.61 Å². The molecule has 0 saturated carbocycles. The monoisotopic (exact) mass is 211 g/mol. The molecular formula is C9H9NO5. The van der Waals surface area contributed by atoms with E-state index >= 15 is 0 Å². The van der Waals surface area contributed by atoms with Gasteiger partial charge in [-0.15, -0.1) is 10.1 Å². The minimum absolute atomic E-state index is 0.118. The lowest BCUT2D eigenvalue weighted by molar-refractivity contribution is -0.763. The summed E-state index contributed by atoms with van der Waals surface area (Å²) in [6.07, 6.45) is 0. The summed E-state index contributed by atoms with van der Waals surface area (Å²) in [5, 5.41) is 9.04. The van der Waals surface area contributed by atoms with Gasteiger partial charge in [-0.1, -0.05) is 12.1 Å². The number of hydrogen-bond donors (Lipinski definition) is 0. The Bertz CT molecular complexity index is 359. The first-order valence-corrected chi connectivity index (χ1v) is 4.12. The summed E-state index contributed by atoms with van der Waals surface area (Å²) < 4.78 is 4.78. The maximum Gasteiger partial charge on any atom is 0.308 e. The lowest BCUT2D eigenvalue weighted by Gasteiger charge is -2.02. The Morgan fingerprint density at radius 2 is 2.00 bits per heavy atom. The number of carbonyl (C=O) groups is 1. The maximum atomic E-state index is 10.6. The number of benzene rings is 1. The van der Waals surface area contributed by atoms with Crippen molar-refractivity contribution in [2.75, 3.05) is 0 Å². The van der Waals surface area contributed by atoms with Crippen molar-refractivity contribution in [1.29, 1.82) is 0 Å². The fourth-order valence-corrected chi connectivity index (χ4v) is 0.947. The Kier molecular flexibility index (Phi) is 3.61. The average Bonchev–Trinajstić information content (AvgIpc) is 2.16. The number of rotatable bonds is 4. The topological polar surface area (TPSA) is 78.7 Å². The normalized spacial score (nSPS) is 9.40. The zero-order valence-corrected chi connectivity index (χ0v) is 8.00. The number of esters is 1. The van der Waals surface area contributed by atoms with Crippen molar-refractivity contribution in [3.63, 3.8) is 0 Å². The van der Waals surface area contributed by atoms with Crippen molar-refractivity contribution in [1.82, 2.24) is 0 Å². The molecule has 0 N–H and O–H groups in total. The number of nitrogens with zero attached hydrogens (tertiary/aromatic N) is 1. The van der Waals surface area contributed by atoms with E-state index in [0.717, 1.165) is 0 Å². The van der Waals surface area contributed by atoms with Crippen LogP contribution in [0.1, 0.15) is 12.5 Å². The van der Waals surface area contributed by atoms with E-state index < -0.39 is 11.1 Å². The zero-order valence-electron chi connectivity index (χ0n) is 8.00. The van der Waals surface area contributed by atoms with Gasteiger partial charge in [0.25, 0.3) is 5.09 Å². The van der Waals surface area contributed by atoms with Crippen molar-refractivity contribution < 1.29 is 19.5 Å². The summed E-state index contributed by atoms with van der Waals surface area (Å²) in [5.74, 6) is -0.0170. The molecule has 0 heterocycles. The van der Waals surface area contributed by atoms with Gasteiger partial charge in [-0.2, -0.15) is 0 Å². The van der Waals surface area contributed by atoms with E-state index in [1.165, 1.54) is 6.92 Å². The molecule has 80 valence electrons. The highest BCUT2D eigenvalue weighted by atomic mass is 16.9. The van der Waals surface area contributed by atoms with E-state index in [0.29, 0.717) is 11.3 Å². The summed E-state index contributed by atoms with van der Waals surface area (Å²) in [7, 11) is 0. The molecule has 0 aliphatic heterocycles. The molecule has 0 bridgehead atoms. The molecule has 0 aromatic heterocycles. The van der Waals surface area contributed by atoms with E-state index in [1.807, 2.05) is 0 Å². The minimum Gasteiger partial charge on any atom is -0.427 e. The van der Waals surface area contributed by atoms with Crippen LogP contribution < -0.4 is 4.74 Å². The minimum atomic E-state index is -0.861. The van der Waals surface area contributed by atoms with Crippen molar-refractivity contribution in [2.45, 2.75) is 13.5 Å². The largest absolute Gasteiger partial charge is 0.427 e. The summed E-state index contributed by atoms with van der Waals surface area (Å²) in [4.78, 5) is 24.6. The van der Waals surface area contributed by atoms with Gasteiger partial charge in [-0.25, -0.2) is 0 Å². The quantitative estimate of drug-likeness (QED) is 0.325. The SMILES string of the molecule is CC(=O)Oc1ccc(CO[N+](=O)[O-])cc1. The van der Waals surface area contributed by atoms with Crippen molar-refractivity contribution in [3.8, 4) is 5.75 Å². The lowest BCUT2D eigenvalue weighted by Crippen LogP contribution is -2.02. The number of carbonyl (C=O) groups excluding carboxylic acids is 1. The smallest absolute Gasteiger partial charge is 0.308 e. The van der Waals surface area contributed by atoms with Gasteiger partial charge < -0.3 is 9.57 Å². The van der Waals surface area contributed by atoms with Crippen molar-refractivity contribution in [3.05, 3.63) is 39.9 Å². The van der Waals surface area contributed by atoms with E-state index in [1.54, 1.807) is 24.3 Å². The van der Waals surface area contributed by atoms with Gasteiger partial charge in [0.2, 0.25) is 0 Å². The first kappa shape index (κ1) is 11.0. The van der Waals surface area contributed by atoms with Crippen LogP contribution in [0.4, 0.5) is 0 Å². The van der Waals surface area contributed by atoms with Crippen LogP contribution in [-0.2, 0) is 16.2 Å². The first-order chi connectivity index (χ1) is 7.08. The van der Waals surface area contributed by atoms with Gasteiger partial charge in [0.15, 0.2) is 0 Å². The molecule has 1 aromatic rings. The Labute approximate surface area is 85.5 Å². The third-order valence-corrected chi connectivity index (χ3v) is 1.52. The molecule has 1 rings (SSSR count). The predicted octanol–water partition coefficient (Wildman–Crippen LogP) is 1.32. The third-order valence-electron chi connectivity index (χ3n) is 1.52. The molecule has 0 amide bonds. The van der Waals surface area contributed by atoms with Crippen LogP contribution in [0.25, 0.3) is 0 Å². The van der Waals surface area contributed by atoms with Crippen LogP contribution in [0.3, 0.4) is 0 Å². The fourth-order valence-electron chi connectivity index (χ4n) is 0.947. The van der Waals surface area contributed by atoms with Gasteiger partial charge in [0.05, 0.1) is 0 Å². The van der Waals surface area contributed by atoms with Gasteiger partial charge in [-0.3, -0.25) is 4.79 Å². The second kappa shape index (κ2) is 4.94. The molecular weight excluding hydrogens is 202 g/mol. The van der Waals surface area contributed by atoms with E-state index in [2.05, 4.69) is 4.84 Å². The van der Waals surface area contributed by atoms with Crippen LogP contribution in [0, 0.1) is 10.1 Å². The number of ether oxygens (including phenoxy) is 1. The molecule has 1 aromatic carbocycles. The Hall–Kier alpha value is -2.11. The van der Waals surface area contributed by atoms with Crippen molar-refractivity contribution in [2.24, 2.45) is 0 Å². The van der Waals surface area contributed by atoms with Crippen LogP contribution in [0.5, 0.6) is 5.75 Å². The van der Waals surface area contributed by atoms with E-state index in [4.69, 9.17) is 4.74 Å². The number of hydrogen-bond acceptors (Lipinski definition) is 5. The molecule has 0 radical (unpaired) electrons. The molecule has 6 nitrogen and oxygen atoms in total. The predicted molar refractivity (Wildman–Crippen MR) is 49.5 cm³/mol. The second-order valence-electron chi connectivity index (χ2n) is 2.73. The maximum absolute atomic E-state index is 10.6. The Morgan fingerprint density at radius 1 is 1.40 bits per heavy atom. The van der Waals surface area contributed by atoms with Crippen LogP contribution >= 0.6 is 0 Å². The standard InChI is InChI=1S/C9H9NO5/c1-7(11)15-9-4-2-8(3-5-9)6-14-10(12)13/h2-5H,6H2,1H3. The Balaban J connectivity index is 2.56. The molecule has 0 spiro atoms. The second-order valence-corrected chi connectivity index (χ2v) is 2.73.